The number of carbonyl (C=O) groups is 1. The number of nitro groups is 1. The van der Waals surface area contributed by atoms with Gasteiger partial charge >= 0.3 is 0 Å². The number of nitrogens with zero attached hydrogens (tertiary/aromatic N) is 3. The van der Waals surface area contributed by atoms with Crippen LogP contribution in [0.5, 0.6) is 0 Å². The van der Waals surface area contributed by atoms with Gasteiger partial charge in [-0.05, 0) is 44.2 Å². The predicted octanol–water partition coefficient (Wildman–Crippen LogP) is 3.13. The quantitative estimate of drug-likeness (QED) is 0.584. The Morgan fingerprint density at radius 2 is 2.07 bits per heavy atom. The van der Waals surface area contributed by atoms with Gasteiger partial charge in [0.05, 0.1) is 33.7 Å². The third-order valence-electron chi connectivity index (χ3n) is 5.35. The lowest BCUT2D eigenvalue weighted by atomic mass is 10.1. The van der Waals surface area contributed by atoms with E-state index in [4.69, 9.17) is 9.84 Å². The molecule has 8 nitrogen and oxygen atoms in total. The molecule has 1 atom stereocenters. The van der Waals surface area contributed by atoms with Gasteiger partial charge in [0.1, 0.15) is 0 Å². The minimum Gasteiger partial charge on any atom is -0.376 e. The Kier molecular flexibility index (Phi) is 5.13. The SMILES string of the molecule is CCc1c(C(=O)NCC2CCCO2)c(C2CC2)nn1-c1ccc([N+](=O)[O-])cc1. The number of aromatic nitrogens is 2. The molecule has 1 aromatic carbocycles. The van der Waals surface area contributed by atoms with Crippen molar-refractivity contribution >= 4 is 11.6 Å². The number of hydrogen-bond acceptors (Lipinski definition) is 5. The van der Waals surface area contributed by atoms with Crippen molar-refractivity contribution in [3.63, 3.8) is 0 Å². The van der Waals surface area contributed by atoms with E-state index in [0.717, 1.165) is 49.4 Å². The van der Waals surface area contributed by atoms with Crippen LogP contribution in [-0.4, -0.2) is 39.9 Å². The molecule has 1 unspecified atom stereocenters. The molecular weight excluding hydrogens is 360 g/mol. The van der Waals surface area contributed by atoms with E-state index in [0.29, 0.717) is 24.4 Å². The summed E-state index contributed by atoms with van der Waals surface area (Å²) in [5, 5.41) is 18.7. The summed E-state index contributed by atoms with van der Waals surface area (Å²) in [4.78, 5) is 23.5. The van der Waals surface area contributed by atoms with Crippen molar-refractivity contribution in [2.45, 2.75) is 51.0 Å². The van der Waals surface area contributed by atoms with Crippen LogP contribution in [0.2, 0.25) is 0 Å². The van der Waals surface area contributed by atoms with Gasteiger partial charge in [-0.1, -0.05) is 6.92 Å². The molecule has 1 N–H and O–H groups in total. The third-order valence-corrected chi connectivity index (χ3v) is 5.35. The third kappa shape index (κ3) is 3.64. The fourth-order valence-corrected chi connectivity index (χ4v) is 3.72. The van der Waals surface area contributed by atoms with E-state index < -0.39 is 4.92 Å². The zero-order valence-corrected chi connectivity index (χ0v) is 15.9. The number of amides is 1. The van der Waals surface area contributed by atoms with Crippen LogP contribution in [0.3, 0.4) is 0 Å². The molecule has 1 aliphatic carbocycles. The first-order chi connectivity index (χ1) is 13.6. The molecular formula is C20H24N4O4. The van der Waals surface area contributed by atoms with Crippen LogP contribution in [-0.2, 0) is 11.2 Å². The van der Waals surface area contributed by atoms with Gasteiger partial charge in [-0.3, -0.25) is 14.9 Å². The predicted molar refractivity (Wildman–Crippen MR) is 103 cm³/mol. The Hall–Kier alpha value is -2.74. The first-order valence-corrected chi connectivity index (χ1v) is 9.85. The van der Waals surface area contributed by atoms with Crippen LogP contribution in [0.4, 0.5) is 5.69 Å². The molecule has 0 bridgehead atoms. The average Bonchev–Trinajstić information content (AvgIpc) is 3.27. The highest BCUT2D eigenvalue weighted by molar-refractivity contribution is 5.97. The molecule has 8 heteroatoms. The second kappa shape index (κ2) is 7.71. The molecule has 1 aromatic heterocycles. The fourth-order valence-electron chi connectivity index (χ4n) is 3.72. The van der Waals surface area contributed by atoms with Crippen molar-refractivity contribution in [2.75, 3.05) is 13.2 Å². The number of nitrogens with one attached hydrogen (secondary N) is 1. The van der Waals surface area contributed by atoms with Crippen molar-refractivity contribution in [3.8, 4) is 5.69 Å². The summed E-state index contributed by atoms with van der Waals surface area (Å²) in [5.74, 6) is 0.204. The lowest BCUT2D eigenvalue weighted by Crippen LogP contribution is -2.32. The second-order valence-corrected chi connectivity index (χ2v) is 7.37. The van der Waals surface area contributed by atoms with Gasteiger partial charge in [-0.15, -0.1) is 0 Å². The molecule has 1 saturated carbocycles. The summed E-state index contributed by atoms with van der Waals surface area (Å²) in [6.07, 6.45) is 4.80. The molecule has 2 heterocycles. The molecule has 0 radical (unpaired) electrons. The molecule has 148 valence electrons. The summed E-state index contributed by atoms with van der Waals surface area (Å²) in [6.45, 7) is 3.26. The van der Waals surface area contributed by atoms with E-state index in [1.54, 1.807) is 16.8 Å². The number of rotatable bonds is 7. The van der Waals surface area contributed by atoms with Crippen molar-refractivity contribution < 1.29 is 14.5 Å². The second-order valence-electron chi connectivity index (χ2n) is 7.37. The normalized spacial score (nSPS) is 19.0. The lowest BCUT2D eigenvalue weighted by molar-refractivity contribution is -0.384. The van der Waals surface area contributed by atoms with E-state index in [1.807, 2.05) is 6.92 Å². The highest BCUT2D eigenvalue weighted by atomic mass is 16.6. The topological polar surface area (TPSA) is 99.3 Å². The summed E-state index contributed by atoms with van der Waals surface area (Å²) in [7, 11) is 0. The summed E-state index contributed by atoms with van der Waals surface area (Å²) < 4.78 is 7.36. The maximum atomic E-state index is 13.0. The highest BCUT2D eigenvalue weighted by Crippen LogP contribution is 2.42. The van der Waals surface area contributed by atoms with Crippen molar-refractivity contribution in [2.24, 2.45) is 0 Å². The number of non-ortho nitro benzene ring substituents is 1. The molecule has 1 saturated heterocycles. The minimum atomic E-state index is -0.423. The van der Waals surface area contributed by atoms with Crippen LogP contribution in [0, 0.1) is 10.1 Å². The Labute approximate surface area is 163 Å². The zero-order chi connectivity index (χ0) is 19.7. The Balaban J connectivity index is 1.65. The smallest absolute Gasteiger partial charge is 0.269 e. The Bertz CT molecular complexity index is 880. The van der Waals surface area contributed by atoms with Gasteiger partial charge in [-0.25, -0.2) is 4.68 Å². The number of carbonyl (C=O) groups excluding carboxylic acids is 1. The minimum absolute atomic E-state index is 0.0332. The number of ether oxygens (including phenoxy) is 1. The van der Waals surface area contributed by atoms with Gasteiger partial charge in [0.15, 0.2) is 0 Å². The highest BCUT2D eigenvalue weighted by Gasteiger charge is 2.34. The van der Waals surface area contributed by atoms with Gasteiger partial charge in [0.25, 0.3) is 11.6 Å². The summed E-state index contributed by atoms with van der Waals surface area (Å²) in [5.41, 5.74) is 3.08. The largest absolute Gasteiger partial charge is 0.376 e. The molecule has 1 amide bonds. The first kappa shape index (κ1) is 18.6. The maximum absolute atomic E-state index is 13.0. The van der Waals surface area contributed by atoms with Gasteiger partial charge in [0.2, 0.25) is 0 Å². The van der Waals surface area contributed by atoms with Crippen LogP contribution in [0.25, 0.3) is 5.69 Å². The molecule has 2 aromatic rings. The lowest BCUT2D eigenvalue weighted by Gasteiger charge is -2.12. The number of benzene rings is 1. The first-order valence-electron chi connectivity index (χ1n) is 9.85. The van der Waals surface area contributed by atoms with Gasteiger partial charge in [-0.2, -0.15) is 5.10 Å². The monoisotopic (exact) mass is 384 g/mol. The van der Waals surface area contributed by atoms with Crippen molar-refractivity contribution in [1.29, 1.82) is 0 Å². The van der Waals surface area contributed by atoms with Crippen LogP contribution < -0.4 is 5.32 Å². The van der Waals surface area contributed by atoms with Crippen LogP contribution >= 0.6 is 0 Å². The van der Waals surface area contributed by atoms with E-state index >= 15 is 0 Å². The molecule has 2 aliphatic rings. The Morgan fingerprint density at radius 3 is 2.64 bits per heavy atom. The fraction of sp³-hybridized carbons (Fsp3) is 0.500. The molecule has 0 spiro atoms. The standard InChI is InChI=1S/C20H24N4O4/c1-2-17-18(20(25)21-12-16-4-3-11-28-16)19(13-5-6-13)22-23(17)14-7-9-15(10-8-14)24(26)27/h7-10,13,16H,2-6,11-12H2,1H3,(H,21,25). The zero-order valence-electron chi connectivity index (χ0n) is 15.9. The molecule has 4 rings (SSSR count). The maximum Gasteiger partial charge on any atom is 0.269 e. The molecule has 28 heavy (non-hydrogen) atoms. The van der Waals surface area contributed by atoms with E-state index in [-0.39, 0.29) is 17.7 Å². The van der Waals surface area contributed by atoms with Crippen LogP contribution in [0.15, 0.2) is 24.3 Å². The van der Waals surface area contributed by atoms with Crippen molar-refractivity contribution in [1.82, 2.24) is 15.1 Å². The van der Waals surface area contributed by atoms with Crippen LogP contribution in [0.1, 0.15) is 60.3 Å². The van der Waals surface area contributed by atoms with E-state index in [2.05, 4.69) is 5.32 Å². The van der Waals surface area contributed by atoms with E-state index in [1.165, 1.54) is 12.1 Å². The van der Waals surface area contributed by atoms with Crippen molar-refractivity contribution in [3.05, 3.63) is 51.3 Å². The van der Waals surface area contributed by atoms with Gasteiger partial charge < -0.3 is 10.1 Å². The average molecular weight is 384 g/mol. The Morgan fingerprint density at radius 1 is 1.32 bits per heavy atom. The number of nitro benzene ring substituents is 1. The van der Waals surface area contributed by atoms with Gasteiger partial charge in [0, 0.05) is 31.2 Å². The summed E-state index contributed by atoms with van der Waals surface area (Å²) in [6, 6.07) is 6.28. The number of hydrogen-bond donors (Lipinski definition) is 1. The molecule has 2 fully saturated rings. The van der Waals surface area contributed by atoms with E-state index in [9.17, 15) is 14.9 Å². The molecule has 1 aliphatic heterocycles. The summed E-state index contributed by atoms with van der Waals surface area (Å²) >= 11 is 0.